The Labute approximate surface area is 121 Å². The molecule has 3 nitrogen and oxygen atoms in total. The van der Waals surface area contributed by atoms with Gasteiger partial charge in [-0.15, -0.1) is 0 Å². The summed E-state index contributed by atoms with van der Waals surface area (Å²) in [6.45, 7) is 5.36. The van der Waals surface area contributed by atoms with Crippen molar-refractivity contribution < 1.29 is 0 Å². The van der Waals surface area contributed by atoms with E-state index in [0.717, 1.165) is 23.8 Å². The van der Waals surface area contributed by atoms with Crippen molar-refractivity contribution in [3.8, 4) is 0 Å². The third-order valence-corrected chi connectivity index (χ3v) is 4.78. The molecule has 1 aliphatic carbocycles. The molecular weight excluding hydrogens is 246 g/mol. The summed E-state index contributed by atoms with van der Waals surface area (Å²) in [4.78, 5) is 4.63. The Balaban J connectivity index is 1.68. The average Bonchev–Trinajstić information content (AvgIpc) is 2.81. The number of pyridine rings is 1. The van der Waals surface area contributed by atoms with Crippen molar-refractivity contribution in [3.05, 3.63) is 35.8 Å². The molecule has 0 aromatic carbocycles. The maximum absolute atomic E-state index is 4.63. The largest absolute Gasteiger partial charge is 0.308 e. The van der Waals surface area contributed by atoms with Crippen LogP contribution in [0.25, 0.3) is 5.65 Å². The highest BCUT2D eigenvalue weighted by atomic mass is 15.0. The number of hydrogen-bond acceptors (Lipinski definition) is 2. The van der Waals surface area contributed by atoms with E-state index in [-0.39, 0.29) is 0 Å². The van der Waals surface area contributed by atoms with E-state index in [1.54, 1.807) is 0 Å². The van der Waals surface area contributed by atoms with Gasteiger partial charge in [0.2, 0.25) is 0 Å². The average molecular weight is 271 g/mol. The summed E-state index contributed by atoms with van der Waals surface area (Å²) in [5, 5.41) is 3.73. The van der Waals surface area contributed by atoms with Gasteiger partial charge in [-0.1, -0.05) is 25.3 Å². The Bertz CT molecular complexity index is 567. The van der Waals surface area contributed by atoms with E-state index in [4.69, 9.17) is 0 Å². The van der Waals surface area contributed by atoms with Crippen LogP contribution in [0, 0.1) is 12.8 Å². The van der Waals surface area contributed by atoms with Crippen molar-refractivity contribution in [1.82, 2.24) is 14.7 Å². The Morgan fingerprint density at radius 2 is 2.10 bits per heavy atom. The van der Waals surface area contributed by atoms with Gasteiger partial charge < -0.3 is 9.72 Å². The summed E-state index contributed by atoms with van der Waals surface area (Å²) in [5.74, 6) is 0.850. The molecule has 2 aromatic rings. The lowest BCUT2D eigenvalue weighted by atomic mass is 9.84. The minimum absolute atomic E-state index is 0.601. The highest BCUT2D eigenvalue weighted by molar-refractivity contribution is 5.42. The number of imidazole rings is 1. The van der Waals surface area contributed by atoms with Gasteiger partial charge in [-0.25, -0.2) is 4.98 Å². The molecule has 1 unspecified atom stereocenters. The molecule has 0 spiro atoms. The van der Waals surface area contributed by atoms with Crippen molar-refractivity contribution in [2.75, 3.05) is 0 Å². The zero-order chi connectivity index (χ0) is 13.9. The molecule has 0 amide bonds. The molecule has 1 fully saturated rings. The summed E-state index contributed by atoms with van der Waals surface area (Å²) in [6.07, 6.45) is 9.13. The van der Waals surface area contributed by atoms with Gasteiger partial charge in [-0.2, -0.15) is 0 Å². The van der Waals surface area contributed by atoms with Crippen molar-refractivity contribution in [2.45, 2.75) is 58.5 Å². The number of hydrogen-bond donors (Lipinski definition) is 1. The molecule has 0 radical (unpaired) electrons. The van der Waals surface area contributed by atoms with E-state index in [1.165, 1.54) is 37.8 Å². The van der Waals surface area contributed by atoms with E-state index >= 15 is 0 Å². The Morgan fingerprint density at radius 1 is 1.30 bits per heavy atom. The molecule has 1 aliphatic rings. The lowest BCUT2D eigenvalue weighted by Gasteiger charge is -2.28. The fraction of sp³-hybridized carbons (Fsp3) is 0.588. The van der Waals surface area contributed by atoms with Gasteiger partial charge in [0.25, 0.3) is 0 Å². The van der Waals surface area contributed by atoms with Crippen molar-refractivity contribution in [2.24, 2.45) is 5.92 Å². The maximum Gasteiger partial charge on any atom is 0.137 e. The van der Waals surface area contributed by atoms with Crippen LogP contribution in [0.2, 0.25) is 0 Å². The zero-order valence-electron chi connectivity index (χ0n) is 12.6. The van der Waals surface area contributed by atoms with E-state index in [2.05, 4.69) is 46.9 Å². The summed E-state index contributed by atoms with van der Waals surface area (Å²) in [7, 11) is 0. The van der Waals surface area contributed by atoms with Gasteiger partial charge in [-0.3, -0.25) is 0 Å². The second-order valence-electron chi connectivity index (χ2n) is 6.14. The van der Waals surface area contributed by atoms with Crippen LogP contribution in [-0.4, -0.2) is 15.4 Å². The molecule has 1 atom stereocenters. The number of fused-ring (bicyclic) bond motifs is 1. The molecule has 3 heteroatoms. The monoisotopic (exact) mass is 271 g/mol. The molecule has 0 aliphatic heterocycles. The Kier molecular flexibility index (Phi) is 4.06. The molecule has 20 heavy (non-hydrogen) atoms. The van der Waals surface area contributed by atoms with Crippen LogP contribution in [0.4, 0.5) is 0 Å². The van der Waals surface area contributed by atoms with Crippen LogP contribution < -0.4 is 5.32 Å². The summed E-state index contributed by atoms with van der Waals surface area (Å²) >= 11 is 0. The quantitative estimate of drug-likeness (QED) is 0.918. The van der Waals surface area contributed by atoms with Crippen LogP contribution in [0.15, 0.2) is 24.4 Å². The van der Waals surface area contributed by atoms with E-state index in [9.17, 15) is 0 Å². The molecule has 1 N–H and O–H groups in total. The molecule has 2 aromatic heterocycles. The highest BCUT2D eigenvalue weighted by Crippen LogP contribution is 2.26. The topological polar surface area (TPSA) is 29.3 Å². The Morgan fingerprint density at radius 3 is 2.90 bits per heavy atom. The standard InChI is InChI=1S/C17H25N3/c1-13(15-8-4-3-5-9-15)18-12-16-14(2)19-17-10-6-7-11-20(16)17/h6-7,10-11,13,15,18H,3-5,8-9,12H2,1-2H3. The van der Waals surface area contributed by atoms with Crippen molar-refractivity contribution in [3.63, 3.8) is 0 Å². The first-order chi connectivity index (χ1) is 9.75. The van der Waals surface area contributed by atoms with Crippen LogP contribution in [0.1, 0.15) is 50.4 Å². The zero-order valence-corrected chi connectivity index (χ0v) is 12.6. The minimum atomic E-state index is 0.601. The molecule has 1 saturated carbocycles. The molecule has 3 rings (SSSR count). The summed E-state index contributed by atoms with van der Waals surface area (Å²) in [6, 6.07) is 6.79. The first kappa shape index (κ1) is 13.6. The van der Waals surface area contributed by atoms with E-state index in [1.807, 2.05) is 6.07 Å². The van der Waals surface area contributed by atoms with Crippen LogP contribution in [0.5, 0.6) is 0 Å². The molecule has 0 saturated heterocycles. The van der Waals surface area contributed by atoms with E-state index < -0.39 is 0 Å². The van der Waals surface area contributed by atoms with Gasteiger partial charge >= 0.3 is 0 Å². The third-order valence-electron chi connectivity index (χ3n) is 4.78. The number of aromatic nitrogens is 2. The summed E-state index contributed by atoms with van der Waals surface area (Å²) in [5.41, 5.74) is 3.48. The second-order valence-corrected chi connectivity index (χ2v) is 6.14. The lowest BCUT2D eigenvalue weighted by Crippen LogP contribution is -2.34. The first-order valence-electron chi connectivity index (χ1n) is 7.91. The van der Waals surface area contributed by atoms with Crippen LogP contribution in [-0.2, 0) is 6.54 Å². The fourth-order valence-electron chi connectivity index (χ4n) is 3.44. The number of nitrogens with zero attached hydrogens (tertiary/aromatic N) is 2. The highest BCUT2D eigenvalue weighted by Gasteiger charge is 2.20. The predicted molar refractivity (Wildman–Crippen MR) is 82.8 cm³/mol. The third kappa shape index (κ3) is 2.73. The maximum atomic E-state index is 4.63. The molecule has 0 bridgehead atoms. The SMILES string of the molecule is Cc1nc2ccccn2c1CNC(C)C1CCCCC1. The normalized spacial score (nSPS) is 18.5. The van der Waals surface area contributed by atoms with Gasteiger partial charge in [0.15, 0.2) is 0 Å². The van der Waals surface area contributed by atoms with Crippen molar-refractivity contribution in [1.29, 1.82) is 0 Å². The molecule has 2 heterocycles. The number of nitrogens with one attached hydrogen (secondary N) is 1. The van der Waals surface area contributed by atoms with Gasteiger partial charge in [-0.05, 0) is 44.7 Å². The number of rotatable bonds is 4. The smallest absolute Gasteiger partial charge is 0.137 e. The fourth-order valence-corrected chi connectivity index (χ4v) is 3.44. The predicted octanol–water partition coefficient (Wildman–Crippen LogP) is 3.70. The minimum Gasteiger partial charge on any atom is -0.308 e. The van der Waals surface area contributed by atoms with E-state index in [0.29, 0.717) is 6.04 Å². The van der Waals surface area contributed by atoms with Gasteiger partial charge in [0, 0.05) is 18.8 Å². The van der Waals surface area contributed by atoms with Crippen LogP contribution >= 0.6 is 0 Å². The van der Waals surface area contributed by atoms with Crippen LogP contribution in [0.3, 0.4) is 0 Å². The van der Waals surface area contributed by atoms with Gasteiger partial charge in [0.05, 0.1) is 11.4 Å². The molecular formula is C17H25N3. The molecule has 108 valence electrons. The number of aryl methyl sites for hydroxylation is 1. The first-order valence-corrected chi connectivity index (χ1v) is 7.91. The summed E-state index contributed by atoms with van der Waals surface area (Å²) < 4.78 is 2.20. The Hall–Kier alpha value is -1.35. The second kappa shape index (κ2) is 5.96. The van der Waals surface area contributed by atoms with Crippen molar-refractivity contribution >= 4 is 5.65 Å². The lowest BCUT2D eigenvalue weighted by molar-refractivity contribution is 0.280. The van der Waals surface area contributed by atoms with Gasteiger partial charge in [0.1, 0.15) is 5.65 Å².